The summed E-state index contributed by atoms with van der Waals surface area (Å²) < 4.78 is 44.4. The number of nitrogens with zero attached hydrogens (tertiary/aromatic N) is 2. The smallest absolute Gasteiger partial charge is 0.306 e. The standard InChI is InChI=1S/C29H29Cl2FN2O6S/c1-2-23(17-33(41(38)39)16-20-6-3-4-9-24(20)32)34-27(18-10-12-21(30)13-11-18)28(19-7-5-8-22(31)14-19)40-25(29(34)37)15-26(35)36/h3-14,23,25,27-28H,2,15-17H2,1H3,(H,35,36)(H,38,39)/t23-,25-,27+,28+/m0/s1. The number of morpholine rings is 1. The molecular weight excluding hydrogens is 594 g/mol. The van der Waals surface area contributed by atoms with Gasteiger partial charge >= 0.3 is 5.97 Å². The first-order chi connectivity index (χ1) is 19.6. The number of ether oxygens (including phenoxy) is 1. The molecule has 218 valence electrons. The third-order valence-corrected chi connectivity index (χ3v) is 8.19. The van der Waals surface area contributed by atoms with E-state index in [2.05, 4.69) is 0 Å². The normalized spacial score (nSPS) is 20.7. The zero-order chi connectivity index (χ0) is 29.7. The second-order valence-corrected chi connectivity index (χ2v) is 11.5. The SMILES string of the molecule is CC[C@@H](CN(Cc1ccccc1F)S(=O)O)N1C(=O)[C@H](CC(=O)O)O[C@H](c2cccc(Cl)c2)[C@H]1c1ccc(Cl)cc1. The third kappa shape index (κ3) is 7.51. The van der Waals surface area contributed by atoms with Crippen LogP contribution in [0.2, 0.25) is 10.0 Å². The molecule has 3 aromatic carbocycles. The maximum atomic E-state index is 14.4. The molecular formula is C29H29Cl2FN2O6S. The van der Waals surface area contributed by atoms with E-state index in [0.29, 0.717) is 27.6 Å². The Bertz CT molecular complexity index is 1410. The van der Waals surface area contributed by atoms with Crippen molar-refractivity contribution in [1.82, 2.24) is 9.21 Å². The minimum absolute atomic E-state index is 0.105. The van der Waals surface area contributed by atoms with Gasteiger partial charge in [0.05, 0.1) is 12.5 Å². The number of hydrogen-bond donors (Lipinski definition) is 2. The fourth-order valence-electron chi connectivity index (χ4n) is 5.05. The van der Waals surface area contributed by atoms with E-state index < -0.39 is 59.7 Å². The molecule has 0 spiro atoms. The highest BCUT2D eigenvalue weighted by atomic mass is 35.5. The molecule has 1 aliphatic heterocycles. The lowest BCUT2D eigenvalue weighted by Gasteiger charge is -2.48. The van der Waals surface area contributed by atoms with Gasteiger partial charge in [-0.2, -0.15) is 4.31 Å². The molecule has 2 N–H and O–H groups in total. The van der Waals surface area contributed by atoms with Crippen molar-refractivity contribution in [3.63, 3.8) is 0 Å². The van der Waals surface area contributed by atoms with Gasteiger partial charge in [0.1, 0.15) is 18.0 Å². The highest BCUT2D eigenvalue weighted by Crippen LogP contribution is 2.44. The van der Waals surface area contributed by atoms with Gasteiger partial charge in [0, 0.05) is 34.7 Å². The Morgan fingerprint density at radius 3 is 2.39 bits per heavy atom. The van der Waals surface area contributed by atoms with Gasteiger partial charge in [-0.05, 0) is 47.9 Å². The minimum atomic E-state index is -2.51. The van der Waals surface area contributed by atoms with Crippen molar-refractivity contribution in [2.45, 2.75) is 50.6 Å². The van der Waals surface area contributed by atoms with E-state index in [1.165, 1.54) is 23.1 Å². The number of aliphatic carboxylic acids is 1. The van der Waals surface area contributed by atoms with E-state index in [1.54, 1.807) is 54.6 Å². The van der Waals surface area contributed by atoms with Crippen LogP contribution in [0.3, 0.4) is 0 Å². The van der Waals surface area contributed by atoms with Gasteiger partial charge in [0.2, 0.25) is 11.3 Å². The number of rotatable bonds is 11. The Kier molecular flexibility index (Phi) is 10.5. The fourth-order valence-corrected chi connectivity index (χ4v) is 5.92. The Balaban J connectivity index is 1.81. The van der Waals surface area contributed by atoms with E-state index in [9.17, 15) is 27.8 Å². The summed E-state index contributed by atoms with van der Waals surface area (Å²) in [6.07, 6.45) is -2.40. The highest BCUT2D eigenvalue weighted by Gasteiger charge is 2.47. The van der Waals surface area contributed by atoms with Gasteiger partial charge in [-0.25, -0.2) is 8.60 Å². The topological polar surface area (TPSA) is 107 Å². The van der Waals surface area contributed by atoms with Crippen molar-refractivity contribution in [3.8, 4) is 0 Å². The van der Waals surface area contributed by atoms with E-state index in [1.807, 2.05) is 6.92 Å². The van der Waals surface area contributed by atoms with Gasteiger partial charge in [-0.3, -0.25) is 14.1 Å². The summed E-state index contributed by atoms with van der Waals surface area (Å²) in [4.78, 5) is 27.3. The van der Waals surface area contributed by atoms with E-state index in [0.717, 1.165) is 4.31 Å². The molecule has 8 nitrogen and oxygen atoms in total. The average molecular weight is 624 g/mol. The van der Waals surface area contributed by atoms with Crippen LogP contribution in [0, 0.1) is 5.82 Å². The van der Waals surface area contributed by atoms with Crippen LogP contribution in [0.15, 0.2) is 72.8 Å². The van der Waals surface area contributed by atoms with Crippen molar-refractivity contribution in [1.29, 1.82) is 0 Å². The molecule has 1 heterocycles. The second kappa shape index (κ2) is 13.9. The number of halogens is 3. The van der Waals surface area contributed by atoms with Crippen LogP contribution in [0.4, 0.5) is 4.39 Å². The lowest BCUT2D eigenvalue weighted by atomic mass is 9.89. The van der Waals surface area contributed by atoms with Gasteiger partial charge in [0.15, 0.2) is 0 Å². The molecule has 0 aromatic heterocycles. The first-order valence-corrected chi connectivity index (χ1v) is 14.7. The molecule has 1 saturated heterocycles. The lowest BCUT2D eigenvalue weighted by Crippen LogP contribution is -2.57. The molecule has 5 atom stereocenters. The van der Waals surface area contributed by atoms with Crippen molar-refractivity contribution >= 4 is 46.3 Å². The molecule has 3 aromatic rings. The number of amides is 1. The van der Waals surface area contributed by atoms with Crippen LogP contribution in [0.5, 0.6) is 0 Å². The molecule has 0 bridgehead atoms. The van der Waals surface area contributed by atoms with Gasteiger partial charge < -0.3 is 14.7 Å². The summed E-state index contributed by atoms with van der Waals surface area (Å²) in [5.74, 6) is -2.32. The number of carbonyl (C=O) groups excluding carboxylic acids is 1. The van der Waals surface area contributed by atoms with E-state index in [4.69, 9.17) is 27.9 Å². The summed E-state index contributed by atoms with van der Waals surface area (Å²) >= 11 is 9.96. The van der Waals surface area contributed by atoms with Crippen LogP contribution in [0.25, 0.3) is 0 Å². The molecule has 1 fully saturated rings. The summed E-state index contributed by atoms with van der Waals surface area (Å²) in [5, 5.41) is 10.5. The molecule has 0 saturated carbocycles. The maximum Gasteiger partial charge on any atom is 0.306 e. The first-order valence-electron chi connectivity index (χ1n) is 12.9. The van der Waals surface area contributed by atoms with Crippen molar-refractivity contribution in [2.24, 2.45) is 0 Å². The second-order valence-electron chi connectivity index (χ2n) is 9.65. The quantitative estimate of drug-likeness (QED) is 0.253. The summed E-state index contributed by atoms with van der Waals surface area (Å²) in [7, 11) is 0. The summed E-state index contributed by atoms with van der Waals surface area (Å²) in [6, 6.07) is 18.2. The molecule has 1 unspecified atom stereocenters. The maximum absolute atomic E-state index is 14.4. The van der Waals surface area contributed by atoms with Crippen molar-refractivity contribution < 1.29 is 32.6 Å². The number of benzene rings is 3. The number of carboxylic acids is 1. The van der Waals surface area contributed by atoms with E-state index >= 15 is 0 Å². The van der Waals surface area contributed by atoms with Gasteiger partial charge in [-0.15, -0.1) is 0 Å². The Morgan fingerprint density at radius 1 is 1.07 bits per heavy atom. The van der Waals surface area contributed by atoms with Gasteiger partial charge in [-0.1, -0.05) is 72.6 Å². The predicted molar refractivity (Wildman–Crippen MR) is 154 cm³/mol. The Morgan fingerprint density at radius 2 is 1.78 bits per heavy atom. The molecule has 41 heavy (non-hydrogen) atoms. The zero-order valence-electron chi connectivity index (χ0n) is 22.0. The average Bonchev–Trinajstić information content (AvgIpc) is 2.93. The number of carbonyl (C=O) groups is 2. The van der Waals surface area contributed by atoms with Crippen molar-refractivity contribution in [3.05, 3.63) is 105 Å². The van der Waals surface area contributed by atoms with Crippen LogP contribution < -0.4 is 0 Å². The first kappa shape index (κ1) is 31.1. The van der Waals surface area contributed by atoms with Crippen LogP contribution in [0.1, 0.15) is 48.6 Å². The van der Waals surface area contributed by atoms with Crippen LogP contribution in [-0.2, 0) is 32.1 Å². The largest absolute Gasteiger partial charge is 0.481 e. The van der Waals surface area contributed by atoms with E-state index in [-0.39, 0.29) is 18.7 Å². The van der Waals surface area contributed by atoms with Crippen molar-refractivity contribution in [2.75, 3.05) is 6.54 Å². The lowest BCUT2D eigenvalue weighted by molar-refractivity contribution is -0.183. The van der Waals surface area contributed by atoms with Crippen LogP contribution in [-0.4, -0.2) is 53.6 Å². The summed E-state index contributed by atoms with van der Waals surface area (Å²) in [6.45, 7) is 1.52. The monoisotopic (exact) mass is 622 g/mol. The van der Waals surface area contributed by atoms with Gasteiger partial charge in [0.25, 0.3) is 5.91 Å². The predicted octanol–water partition coefficient (Wildman–Crippen LogP) is 6.03. The number of hydrogen-bond acceptors (Lipinski definition) is 4. The molecule has 0 radical (unpaired) electrons. The molecule has 1 aliphatic rings. The Labute approximate surface area is 250 Å². The third-order valence-electron chi connectivity index (χ3n) is 6.98. The number of carboxylic acid groups (broad SMARTS) is 1. The molecule has 1 amide bonds. The molecule has 4 rings (SSSR count). The zero-order valence-corrected chi connectivity index (χ0v) is 24.4. The Hall–Kier alpha value is -2.86. The fraction of sp³-hybridized carbons (Fsp3) is 0.310. The minimum Gasteiger partial charge on any atom is -0.481 e. The molecule has 12 heteroatoms. The van der Waals surface area contributed by atoms with Crippen LogP contribution >= 0.6 is 23.2 Å². The highest BCUT2D eigenvalue weighted by molar-refractivity contribution is 7.76. The molecule has 0 aliphatic carbocycles. The summed E-state index contributed by atoms with van der Waals surface area (Å²) in [5.41, 5.74) is 1.49.